The maximum Gasteiger partial charge on any atom is 0.306 e. The summed E-state index contributed by atoms with van der Waals surface area (Å²) in [5, 5.41) is 0. The lowest BCUT2D eigenvalue weighted by molar-refractivity contribution is -0.167. The summed E-state index contributed by atoms with van der Waals surface area (Å²) >= 11 is 0. The summed E-state index contributed by atoms with van der Waals surface area (Å²) in [4.78, 5) is 38.4. The first-order chi connectivity index (χ1) is 41.0. The maximum absolute atomic E-state index is 12.9. The molecule has 0 rings (SSSR count). The summed E-state index contributed by atoms with van der Waals surface area (Å²) in [5.41, 5.74) is 0. The Bertz CT molecular complexity index is 1840. The number of allylic oxidation sites excluding steroid dienone is 26. The van der Waals surface area contributed by atoms with Crippen molar-refractivity contribution in [3.63, 3.8) is 0 Å². The van der Waals surface area contributed by atoms with Crippen LogP contribution in [-0.2, 0) is 28.6 Å². The van der Waals surface area contributed by atoms with Gasteiger partial charge >= 0.3 is 17.9 Å². The fourth-order valence-corrected chi connectivity index (χ4v) is 9.01. The van der Waals surface area contributed by atoms with Gasteiger partial charge in [0.15, 0.2) is 6.10 Å². The third-order valence-corrected chi connectivity index (χ3v) is 14.0. The van der Waals surface area contributed by atoms with Gasteiger partial charge in [-0.15, -0.1) is 0 Å². The van der Waals surface area contributed by atoms with E-state index in [4.69, 9.17) is 14.2 Å². The van der Waals surface area contributed by atoms with Crippen LogP contribution >= 0.6 is 0 Å². The number of unbranched alkanes of at least 4 members (excludes halogenated alkanes) is 23. The fraction of sp³-hybridized carbons (Fsp3) is 0.623. The number of rotatable bonds is 60. The van der Waals surface area contributed by atoms with Crippen LogP contribution < -0.4 is 0 Å². The van der Waals surface area contributed by atoms with Crippen LogP contribution in [0.4, 0.5) is 0 Å². The van der Waals surface area contributed by atoms with Crippen molar-refractivity contribution < 1.29 is 28.6 Å². The zero-order valence-electron chi connectivity index (χ0n) is 53.7. The molecule has 0 fully saturated rings. The van der Waals surface area contributed by atoms with Crippen LogP contribution in [0.1, 0.15) is 290 Å². The number of carbonyl (C=O) groups is 3. The predicted octanol–water partition coefficient (Wildman–Crippen LogP) is 23.7. The molecule has 0 saturated carbocycles. The first-order valence-electron chi connectivity index (χ1n) is 34.0. The molecule has 1 atom stereocenters. The highest BCUT2D eigenvalue weighted by molar-refractivity contribution is 5.71. The highest BCUT2D eigenvalue weighted by Gasteiger charge is 2.19. The van der Waals surface area contributed by atoms with Crippen LogP contribution in [0.2, 0.25) is 0 Å². The molecule has 0 amide bonds. The van der Waals surface area contributed by atoms with Gasteiger partial charge in [-0.25, -0.2) is 0 Å². The molecule has 0 radical (unpaired) electrons. The van der Waals surface area contributed by atoms with E-state index in [0.29, 0.717) is 12.8 Å². The van der Waals surface area contributed by atoms with E-state index in [1.807, 2.05) is 0 Å². The minimum atomic E-state index is -0.805. The summed E-state index contributed by atoms with van der Waals surface area (Å²) in [6, 6.07) is 0. The van der Waals surface area contributed by atoms with E-state index < -0.39 is 6.10 Å². The Morgan fingerprint density at radius 1 is 0.253 bits per heavy atom. The van der Waals surface area contributed by atoms with E-state index in [1.54, 1.807) is 0 Å². The van der Waals surface area contributed by atoms with Crippen LogP contribution in [0, 0.1) is 0 Å². The molecule has 0 saturated heterocycles. The molecule has 83 heavy (non-hydrogen) atoms. The molecule has 468 valence electrons. The van der Waals surface area contributed by atoms with Crippen molar-refractivity contribution in [3.05, 3.63) is 158 Å². The summed E-state index contributed by atoms with van der Waals surface area (Å²) in [5.74, 6) is -0.936. The minimum Gasteiger partial charge on any atom is -0.462 e. The van der Waals surface area contributed by atoms with Crippen molar-refractivity contribution in [1.82, 2.24) is 0 Å². The van der Waals surface area contributed by atoms with Gasteiger partial charge < -0.3 is 14.2 Å². The molecule has 0 aliphatic heterocycles. The van der Waals surface area contributed by atoms with E-state index in [2.05, 4.69) is 179 Å². The molecule has 0 aromatic heterocycles. The van der Waals surface area contributed by atoms with E-state index in [-0.39, 0.29) is 37.5 Å². The van der Waals surface area contributed by atoms with Crippen molar-refractivity contribution in [2.24, 2.45) is 0 Å². The highest BCUT2D eigenvalue weighted by Crippen LogP contribution is 2.15. The number of esters is 3. The van der Waals surface area contributed by atoms with Gasteiger partial charge in [0.05, 0.1) is 0 Å². The van der Waals surface area contributed by atoms with Gasteiger partial charge in [0.1, 0.15) is 13.2 Å². The number of ether oxygens (including phenoxy) is 3. The van der Waals surface area contributed by atoms with Crippen LogP contribution in [0.3, 0.4) is 0 Å². The quantitative estimate of drug-likeness (QED) is 0.0261. The summed E-state index contributed by atoms with van der Waals surface area (Å²) in [7, 11) is 0. The number of hydrogen-bond donors (Lipinski definition) is 0. The molecule has 0 aromatic rings. The number of carbonyl (C=O) groups excluding carboxylic acids is 3. The van der Waals surface area contributed by atoms with Gasteiger partial charge in [-0.3, -0.25) is 14.4 Å². The van der Waals surface area contributed by atoms with Crippen LogP contribution in [-0.4, -0.2) is 37.2 Å². The van der Waals surface area contributed by atoms with Gasteiger partial charge in [0.25, 0.3) is 0 Å². The smallest absolute Gasteiger partial charge is 0.306 e. The Balaban J connectivity index is 4.35. The van der Waals surface area contributed by atoms with Crippen LogP contribution in [0.15, 0.2) is 158 Å². The Kier molecular flexibility index (Phi) is 65.4. The second kappa shape index (κ2) is 69.5. The van der Waals surface area contributed by atoms with Gasteiger partial charge in [0, 0.05) is 19.3 Å². The van der Waals surface area contributed by atoms with E-state index >= 15 is 0 Å². The average Bonchev–Trinajstić information content (AvgIpc) is 3.49. The first kappa shape index (κ1) is 78.0. The molecule has 0 bridgehead atoms. The standard InChI is InChI=1S/C77H124O6/c1-4-7-10-13-16-19-22-25-27-29-31-32-33-34-35-36-37-38-39-40-41-42-43-44-46-47-49-52-55-58-61-64-67-70-76(79)82-73-74(72-81-75(78)69-66-63-60-57-54-51-24-21-18-15-12-9-6-3)83-77(80)71-68-65-62-59-56-53-50-48-45-30-28-26-23-20-17-14-11-8-5-2/h7-8,10-11,16-17,19-20,25-28,31-32,34-35,37-38,40-41,43-45,48,53,56,74H,4-6,9,12-15,18,21-24,29-30,33,36,39,42,46-47,49-52,54-55,57-73H2,1-3H3/b10-7-,11-8-,19-16-,20-17-,27-25-,28-26-,32-31-,35-34-,38-37-,41-40-,44-43-,48-45-,56-53-. The zero-order chi connectivity index (χ0) is 59.9. The second-order valence-electron chi connectivity index (χ2n) is 22.0. The Morgan fingerprint density at radius 2 is 0.470 bits per heavy atom. The molecule has 0 spiro atoms. The van der Waals surface area contributed by atoms with Gasteiger partial charge in [-0.05, 0) is 128 Å². The molecule has 1 unspecified atom stereocenters. The fourth-order valence-electron chi connectivity index (χ4n) is 9.01. The van der Waals surface area contributed by atoms with Crippen molar-refractivity contribution in [1.29, 1.82) is 0 Å². The summed E-state index contributed by atoms with van der Waals surface area (Å²) < 4.78 is 16.9. The van der Waals surface area contributed by atoms with Gasteiger partial charge in [0.2, 0.25) is 0 Å². The highest BCUT2D eigenvalue weighted by atomic mass is 16.6. The molecule has 0 heterocycles. The van der Waals surface area contributed by atoms with E-state index in [9.17, 15) is 14.4 Å². The lowest BCUT2D eigenvalue weighted by atomic mass is 10.0. The van der Waals surface area contributed by atoms with E-state index in [0.717, 1.165) is 154 Å². The third kappa shape index (κ3) is 67.7. The third-order valence-electron chi connectivity index (χ3n) is 14.0. The lowest BCUT2D eigenvalue weighted by Crippen LogP contribution is -2.30. The molecular weight excluding hydrogens is 1020 g/mol. The molecule has 0 aliphatic carbocycles. The molecule has 0 aliphatic rings. The molecular formula is C77H124O6. The SMILES string of the molecule is CC/C=C\C/C=C\C/C=C\C/C=C\C/C=C\C/C=C\C/C=C\C/C=C\CCCCCCCCCCC(=O)OCC(COC(=O)CCCCCCCCCCCCCCC)OC(=O)CCCCC/C=C\C/C=C\C/C=C\C/C=C\C/C=C\CC. The zero-order valence-corrected chi connectivity index (χ0v) is 53.7. The van der Waals surface area contributed by atoms with Crippen LogP contribution in [0.5, 0.6) is 0 Å². The van der Waals surface area contributed by atoms with Gasteiger partial charge in [-0.1, -0.05) is 301 Å². The molecule has 6 heteroatoms. The van der Waals surface area contributed by atoms with Crippen molar-refractivity contribution >= 4 is 17.9 Å². The summed E-state index contributed by atoms with van der Waals surface area (Å²) in [6.45, 7) is 6.38. The normalized spacial score (nSPS) is 13.1. The van der Waals surface area contributed by atoms with Crippen molar-refractivity contribution in [2.75, 3.05) is 13.2 Å². The predicted molar refractivity (Wildman–Crippen MR) is 362 cm³/mol. The van der Waals surface area contributed by atoms with Crippen molar-refractivity contribution in [2.45, 2.75) is 297 Å². The summed E-state index contributed by atoms with van der Waals surface area (Å²) in [6.07, 6.45) is 101. The topological polar surface area (TPSA) is 78.9 Å². The maximum atomic E-state index is 12.9. The minimum absolute atomic E-state index is 0.0969. The molecule has 0 aromatic carbocycles. The largest absolute Gasteiger partial charge is 0.462 e. The Morgan fingerprint density at radius 3 is 0.747 bits per heavy atom. The van der Waals surface area contributed by atoms with Crippen molar-refractivity contribution in [3.8, 4) is 0 Å². The Labute approximate surface area is 511 Å². The Hall–Kier alpha value is -4.97. The van der Waals surface area contributed by atoms with Gasteiger partial charge in [-0.2, -0.15) is 0 Å². The second-order valence-corrected chi connectivity index (χ2v) is 22.0. The van der Waals surface area contributed by atoms with Crippen LogP contribution in [0.25, 0.3) is 0 Å². The van der Waals surface area contributed by atoms with E-state index in [1.165, 1.54) is 96.3 Å². The first-order valence-corrected chi connectivity index (χ1v) is 34.0. The monoisotopic (exact) mass is 1140 g/mol. The molecule has 0 N–H and O–H groups in total. The average molecular weight is 1150 g/mol. The lowest BCUT2D eigenvalue weighted by Gasteiger charge is -2.18. The molecule has 6 nitrogen and oxygen atoms in total. The number of hydrogen-bond acceptors (Lipinski definition) is 6.